The molecular weight excluding hydrogens is 312 g/mol. The van der Waals surface area contributed by atoms with Gasteiger partial charge >= 0.3 is 0 Å². The Balaban J connectivity index is 2.96. The van der Waals surface area contributed by atoms with Crippen molar-refractivity contribution in [2.75, 3.05) is 0 Å². The smallest absolute Gasteiger partial charge is 0.171 e. The molecule has 0 aromatic heterocycles. The predicted molar refractivity (Wildman–Crippen MR) is 61.5 cm³/mol. The van der Waals surface area contributed by atoms with E-state index in [0.717, 1.165) is 4.47 Å². The van der Waals surface area contributed by atoms with Gasteiger partial charge in [0, 0.05) is 14.5 Å². The summed E-state index contributed by atoms with van der Waals surface area (Å²) in [6.45, 7) is 1.41. The minimum atomic E-state index is -0.156. The fourth-order valence-electron chi connectivity index (χ4n) is 1.04. The molecule has 0 radical (unpaired) electrons. The molecule has 0 unspecified atom stereocenters. The molecule has 0 bridgehead atoms. The lowest BCUT2D eigenvalue weighted by atomic mass is 10.1. The molecule has 0 spiro atoms. The lowest BCUT2D eigenvalue weighted by Crippen LogP contribution is -2.05. The molecule has 0 aliphatic carbocycles. The van der Waals surface area contributed by atoms with Gasteiger partial charge in [0.25, 0.3) is 0 Å². The molecular formula is C10H8Br2O2. The third-order valence-electron chi connectivity index (χ3n) is 1.64. The Bertz CT molecular complexity index is 386. The van der Waals surface area contributed by atoms with Crippen LogP contribution in [0.1, 0.15) is 23.7 Å². The second-order valence-corrected chi connectivity index (χ2v) is 4.70. The standard InChI is InChI=1S/C10H8Br2O2/c1-6(13)4-10(14)8-3-2-7(11)5-9(8)12/h2-3,5H,4H2,1H3. The lowest BCUT2D eigenvalue weighted by Gasteiger charge is -2.02. The minimum absolute atomic E-state index is 0.0414. The van der Waals surface area contributed by atoms with Gasteiger partial charge in [-0.25, -0.2) is 0 Å². The zero-order chi connectivity index (χ0) is 10.7. The van der Waals surface area contributed by atoms with E-state index in [1.807, 2.05) is 0 Å². The van der Waals surface area contributed by atoms with Crippen molar-refractivity contribution in [2.24, 2.45) is 0 Å². The minimum Gasteiger partial charge on any atom is -0.300 e. The number of carbonyl (C=O) groups is 2. The van der Waals surface area contributed by atoms with Crippen LogP contribution < -0.4 is 0 Å². The van der Waals surface area contributed by atoms with Gasteiger partial charge in [-0.3, -0.25) is 9.59 Å². The highest BCUT2D eigenvalue weighted by molar-refractivity contribution is 9.11. The molecule has 74 valence electrons. The Labute approximate surface area is 98.9 Å². The summed E-state index contributed by atoms with van der Waals surface area (Å²) in [6, 6.07) is 5.25. The fourth-order valence-corrected chi connectivity index (χ4v) is 2.31. The number of hydrogen-bond acceptors (Lipinski definition) is 2. The highest BCUT2D eigenvalue weighted by Crippen LogP contribution is 2.22. The summed E-state index contributed by atoms with van der Waals surface area (Å²) in [6.07, 6.45) is -0.0414. The van der Waals surface area contributed by atoms with Crippen molar-refractivity contribution < 1.29 is 9.59 Å². The Morgan fingerprint density at radius 1 is 1.29 bits per heavy atom. The van der Waals surface area contributed by atoms with E-state index >= 15 is 0 Å². The van der Waals surface area contributed by atoms with Gasteiger partial charge in [-0.2, -0.15) is 0 Å². The quantitative estimate of drug-likeness (QED) is 0.632. The van der Waals surface area contributed by atoms with Crippen molar-refractivity contribution >= 4 is 43.4 Å². The second-order valence-electron chi connectivity index (χ2n) is 2.93. The first-order valence-electron chi connectivity index (χ1n) is 3.98. The highest BCUT2D eigenvalue weighted by Gasteiger charge is 2.11. The molecule has 4 heteroatoms. The van der Waals surface area contributed by atoms with E-state index < -0.39 is 0 Å². The molecule has 0 aliphatic heterocycles. The average molecular weight is 320 g/mol. The summed E-state index contributed by atoms with van der Waals surface area (Å²) in [5.41, 5.74) is 0.545. The second kappa shape index (κ2) is 4.84. The molecule has 1 aromatic carbocycles. The molecule has 0 aliphatic rings. The number of benzene rings is 1. The van der Waals surface area contributed by atoms with Crippen LogP contribution in [0.3, 0.4) is 0 Å². The number of hydrogen-bond donors (Lipinski definition) is 0. The average Bonchev–Trinajstić information content (AvgIpc) is 2.01. The molecule has 0 saturated carbocycles. The van der Waals surface area contributed by atoms with Crippen LogP contribution in [0.2, 0.25) is 0 Å². The van der Waals surface area contributed by atoms with E-state index in [1.165, 1.54) is 6.92 Å². The van der Waals surface area contributed by atoms with Crippen LogP contribution in [0.15, 0.2) is 27.1 Å². The topological polar surface area (TPSA) is 34.1 Å². The third kappa shape index (κ3) is 3.03. The molecule has 2 nitrogen and oxygen atoms in total. The highest BCUT2D eigenvalue weighted by atomic mass is 79.9. The Kier molecular flexibility index (Phi) is 4.01. The maximum absolute atomic E-state index is 11.5. The maximum Gasteiger partial charge on any atom is 0.171 e. The Morgan fingerprint density at radius 3 is 2.43 bits per heavy atom. The van der Waals surface area contributed by atoms with Crippen molar-refractivity contribution in [3.8, 4) is 0 Å². The molecule has 1 aromatic rings. The predicted octanol–water partition coefficient (Wildman–Crippen LogP) is 3.37. The number of rotatable bonds is 3. The monoisotopic (exact) mass is 318 g/mol. The van der Waals surface area contributed by atoms with Crippen LogP contribution in [0.25, 0.3) is 0 Å². The van der Waals surface area contributed by atoms with Gasteiger partial charge in [0.2, 0.25) is 0 Å². The van der Waals surface area contributed by atoms with E-state index in [9.17, 15) is 9.59 Å². The molecule has 0 atom stereocenters. The van der Waals surface area contributed by atoms with E-state index in [4.69, 9.17) is 0 Å². The maximum atomic E-state index is 11.5. The summed E-state index contributed by atoms with van der Waals surface area (Å²) in [5.74, 6) is -0.276. The number of ketones is 2. The van der Waals surface area contributed by atoms with E-state index in [2.05, 4.69) is 31.9 Å². The number of Topliss-reactive ketones (excluding diaryl/α,β-unsaturated/α-hetero) is 2. The van der Waals surface area contributed by atoms with Crippen LogP contribution in [0, 0.1) is 0 Å². The largest absolute Gasteiger partial charge is 0.300 e. The van der Waals surface area contributed by atoms with Gasteiger partial charge in [-0.15, -0.1) is 0 Å². The SMILES string of the molecule is CC(=O)CC(=O)c1ccc(Br)cc1Br. The summed E-state index contributed by atoms with van der Waals surface area (Å²) >= 11 is 6.56. The third-order valence-corrected chi connectivity index (χ3v) is 2.79. The Morgan fingerprint density at radius 2 is 1.93 bits per heavy atom. The zero-order valence-electron chi connectivity index (χ0n) is 7.51. The first-order chi connectivity index (χ1) is 6.50. The summed E-state index contributed by atoms with van der Waals surface area (Å²) < 4.78 is 1.60. The van der Waals surface area contributed by atoms with Crippen molar-refractivity contribution in [1.82, 2.24) is 0 Å². The van der Waals surface area contributed by atoms with Gasteiger partial charge in [-0.1, -0.05) is 31.9 Å². The number of carbonyl (C=O) groups excluding carboxylic acids is 2. The van der Waals surface area contributed by atoms with Crippen LogP contribution in [0.5, 0.6) is 0 Å². The van der Waals surface area contributed by atoms with Crippen LogP contribution in [-0.2, 0) is 4.79 Å². The van der Waals surface area contributed by atoms with E-state index in [0.29, 0.717) is 10.0 Å². The molecule has 0 fully saturated rings. The fraction of sp³-hybridized carbons (Fsp3) is 0.200. The lowest BCUT2D eigenvalue weighted by molar-refractivity contribution is -0.116. The van der Waals surface area contributed by atoms with E-state index in [1.54, 1.807) is 18.2 Å². The molecule has 1 rings (SSSR count). The van der Waals surface area contributed by atoms with Gasteiger partial charge in [-0.05, 0) is 25.1 Å². The molecule has 0 amide bonds. The first kappa shape index (κ1) is 11.6. The number of halogens is 2. The normalized spacial score (nSPS) is 9.93. The van der Waals surface area contributed by atoms with Gasteiger partial charge in [0.1, 0.15) is 5.78 Å². The zero-order valence-corrected chi connectivity index (χ0v) is 10.7. The molecule has 0 N–H and O–H groups in total. The van der Waals surface area contributed by atoms with Crippen molar-refractivity contribution in [1.29, 1.82) is 0 Å². The van der Waals surface area contributed by atoms with Crippen molar-refractivity contribution in [2.45, 2.75) is 13.3 Å². The molecule has 0 saturated heterocycles. The van der Waals surface area contributed by atoms with Crippen LogP contribution in [-0.4, -0.2) is 11.6 Å². The molecule has 0 heterocycles. The van der Waals surface area contributed by atoms with Crippen molar-refractivity contribution in [3.05, 3.63) is 32.7 Å². The van der Waals surface area contributed by atoms with Crippen molar-refractivity contribution in [3.63, 3.8) is 0 Å². The molecule has 14 heavy (non-hydrogen) atoms. The van der Waals surface area contributed by atoms with Gasteiger partial charge < -0.3 is 0 Å². The van der Waals surface area contributed by atoms with Crippen LogP contribution >= 0.6 is 31.9 Å². The van der Waals surface area contributed by atoms with Gasteiger partial charge in [0.15, 0.2) is 5.78 Å². The summed E-state index contributed by atoms with van der Waals surface area (Å²) in [7, 11) is 0. The summed E-state index contributed by atoms with van der Waals surface area (Å²) in [4.78, 5) is 22.3. The first-order valence-corrected chi connectivity index (χ1v) is 5.57. The van der Waals surface area contributed by atoms with E-state index in [-0.39, 0.29) is 18.0 Å². The Hall–Kier alpha value is -0.480. The van der Waals surface area contributed by atoms with Crippen LogP contribution in [0.4, 0.5) is 0 Å². The van der Waals surface area contributed by atoms with Gasteiger partial charge in [0.05, 0.1) is 6.42 Å². The summed E-state index contributed by atoms with van der Waals surface area (Å²) in [5, 5.41) is 0.